The van der Waals surface area contributed by atoms with Gasteiger partial charge in [0.2, 0.25) is 5.28 Å². The lowest BCUT2D eigenvalue weighted by atomic mass is 10.2. The summed E-state index contributed by atoms with van der Waals surface area (Å²) >= 11 is 6.18. The quantitative estimate of drug-likeness (QED) is 0.328. The van der Waals surface area contributed by atoms with Crippen LogP contribution in [0.4, 0.5) is 5.82 Å². The number of halogens is 1. The lowest BCUT2D eigenvalue weighted by molar-refractivity contribution is -0.0383. The molecule has 0 bridgehead atoms. The highest BCUT2D eigenvalue weighted by Gasteiger charge is 2.30. The molecule has 1 saturated heterocycles. The van der Waals surface area contributed by atoms with Crippen molar-refractivity contribution in [1.29, 1.82) is 0 Å². The molecule has 3 unspecified atom stereocenters. The number of ether oxygens (including phenoxy) is 2. The minimum atomic E-state index is -1.69. The zero-order valence-corrected chi connectivity index (χ0v) is 19.1. The van der Waals surface area contributed by atoms with Crippen molar-refractivity contribution in [2.45, 2.75) is 38.0 Å². The van der Waals surface area contributed by atoms with Gasteiger partial charge in [0.15, 0.2) is 11.9 Å². The molecular formula is C21H25ClN5O4P. The van der Waals surface area contributed by atoms with E-state index in [1.54, 1.807) is 23.0 Å². The number of hydrogen-bond donors (Lipinski definition) is 2. The predicted molar refractivity (Wildman–Crippen MR) is 122 cm³/mol. The molecule has 2 aliphatic rings. The predicted octanol–water partition coefficient (Wildman–Crippen LogP) is 4.34. The highest BCUT2D eigenvalue weighted by Crippen LogP contribution is 2.35. The fourth-order valence-corrected chi connectivity index (χ4v) is 4.53. The number of hydrogen-bond acceptors (Lipinski definition) is 8. The number of fused-ring (bicyclic) bond motifs is 1. The van der Waals surface area contributed by atoms with Gasteiger partial charge in [0, 0.05) is 6.54 Å². The Morgan fingerprint density at radius 2 is 2.03 bits per heavy atom. The van der Waals surface area contributed by atoms with E-state index in [4.69, 9.17) is 25.6 Å². The first kappa shape index (κ1) is 21.8. The fraction of sp³-hybridized carbons (Fsp3) is 0.476. The summed E-state index contributed by atoms with van der Waals surface area (Å²) in [4.78, 5) is 18.8. The molecular weight excluding hydrogens is 453 g/mol. The van der Waals surface area contributed by atoms with E-state index in [9.17, 15) is 4.89 Å². The van der Waals surface area contributed by atoms with Crippen LogP contribution >= 0.6 is 20.0 Å². The van der Waals surface area contributed by atoms with Crippen molar-refractivity contribution >= 4 is 36.8 Å². The molecule has 5 rings (SSSR count). The molecule has 3 aromatic rings. The standard InChI is InChI=1S/C21H25ClN5O4P/c22-21-25-19(23-10-14-6-7-14)17-11-24-27(20(17)26-21)18-9-8-16(30-18)12-29-13-32(28)31-15-4-2-1-3-5-15/h1-5,11,14,16,18,28H,6-10,12-13H2,(H,23,25,26). The molecule has 1 saturated carbocycles. The minimum absolute atomic E-state index is 0.0934. The van der Waals surface area contributed by atoms with Gasteiger partial charge in [-0.1, -0.05) is 18.2 Å². The van der Waals surface area contributed by atoms with E-state index >= 15 is 0 Å². The van der Waals surface area contributed by atoms with Gasteiger partial charge in [-0.25, -0.2) is 4.68 Å². The average molecular weight is 478 g/mol. The largest absolute Gasteiger partial charge is 0.446 e. The summed E-state index contributed by atoms with van der Waals surface area (Å²) in [6, 6.07) is 9.20. The van der Waals surface area contributed by atoms with Crippen molar-refractivity contribution in [3.05, 3.63) is 41.8 Å². The molecule has 0 radical (unpaired) electrons. The Hall–Kier alpha value is -2.03. The number of rotatable bonds is 10. The third-order valence-electron chi connectivity index (χ3n) is 5.50. The number of anilines is 1. The number of aromatic nitrogens is 4. The topological polar surface area (TPSA) is 104 Å². The first-order valence-electron chi connectivity index (χ1n) is 10.7. The van der Waals surface area contributed by atoms with Crippen molar-refractivity contribution in [2.75, 3.05) is 24.8 Å². The van der Waals surface area contributed by atoms with Crippen LogP contribution in [-0.4, -0.2) is 50.2 Å². The van der Waals surface area contributed by atoms with Crippen molar-refractivity contribution in [3.63, 3.8) is 0 Å². The Balaban J connectivity index is 1.15. The van der Waals surface area contributed by atoms with Crippen LogP contribution in [-0.2, 0) is 9.47 Å². The first-order valence-corrected chi connectivity index (χ1v) is 12.5. The van der Waals surface area contributed by atoms with E-state index in [0.717, 1.165) is 24.8 Å². The van der Waals surface area contributed by atoms with Crippen LogP contribution in [0.5, 0.6) is 5.75 Å². The molecule has 1 aliphatic heterocycles. The zero-order chi connectivity index (χ0) is 21.9. The summed E-state index contributed by atoms with van der Waals surface area (Å²) in [6.45, 7) is 1.26. The van der Waals surface area contributed by atoms with Crippen molar-refractivity contribution in [2.24, 2.45) is 5.92 Å². The van der Waals surface area contributed by atoms with Gasteiger partial charge >= 0.3 is 0 Å². The molecule has 0 amide bonds. The van der Waals surface area contributed by atoms with E-state index < -0.39 is 8.38 Å². The fourth-order valence-electron chi connectivity index (χ4n) is 3.69. The van der Waals surface area contributed by atoms with Gasteiger partial charge in [0.25, 0.3) is 8.38 Å². The summed E-state index contributed by atoms with van der Waals surface area (Å²) in [5.74, 6) is 2.05. The maximum absolute atomic E-state index is 10.1. The molecule has 3 heterocycles. The molecule has 1 aliphatic carbocycles. The second-order valence-electron chi connectivity index (χ2n) is 8.04. The van der Waals surface area contributed by atoms with Crippen molar-refractivity contribution in [3.8, 4) is 5.75 Å². The van der Waals surface area contributed by atoms with Crippen LogP contribution in [0.3, 0.4) is 0 Å². The van der Waals surface area contributed by atoms with Gasteiger partial charge in [-0.05, 0) is 55.3 Å². The molecule has 0 spiro atoms. The second kappa shape index (κ2) is 9.85. The van der Waals surface area contributed by atoms with Gasteiger partial charge in [0.05, 0.1) is 24.3 Å². The van der Waals surface area contributed by atoms with E-state index in [2.05, 4.69) is 20.4 Å². The molecule has 170 valence electrons. The Morgan fingerprint density at radius 1 is 1.19 bits per heavy atom. The molecule has 2 N–H and O–H groups in total. The smallest absolute Gasteiger partial charge is 0.255 e. The third kappa shape index (κ3) is 5.30. The highest BCUT2D eigenvalue weighted by molar-refractivity contribution is 7.46. The van der Waals surface area contributed by atoms with Crippen LogP contribution < -0.4 is 9.84 Å². The van der Waals surface area contributed by atoms with Crippen LogP contribution in [0.1, 0.15) is 31.9 Å². The SMILES string of the molecule is OP(COCC1CCC(n2ncc3c(NCC4CC4)nc(Cl)nc32)O1)Oc1ccccc1. The second-order valence-corrected chi connectivity index (χ2v) is 9.52. The maximum Gasteiger partial charge on any atom is 0.255 e. The van der Waals surface area contributed by atoms with Crippen LogP contribution in [0.2, 0.25) is 5.28 Å². The average Bonchev–Trinajstić information content (AvgIpc) is 3.34. The van der Waals surface area contributed by atoms with Crippen LogP contribution in [0.15, 0.2) is 36.5 Å². The third-order valence-corrected chi connectivity index (χ3v) is 6.49. The molecule has 11 heteroatoms. The molecule has 3 atom stereocenters. The maximum atomic E-state index is 10.1. The Morgan fingerprint density at radius 3 is 2.84 bits per heavy atom. The summed E-state index contributed by atoms with van der Waals surface area (Å²) in [7, 11) is -1.69. The minimum Gasteiger partial charge on any atom is -0.446 e. The monoisotopic (exact) mass is 477 g/mol. The van der Waals surface area contributed by atoms with Crippen LogP contribution in [0.25, 0.3) is 11.0 Å². The summed E-state index contributed by atoms with van der Waals surface area (Å²) in [5.41, 5.74) is 0.657. The summed E-state index contributed by atoms with van der Waals surface area (Å²) in [5, 5.41) is 8.90. The number of benzene rings is 1. The molecule has 9 nitrogen and oxygen atoms in total. The highest BCUT2D eigenvalue weighted by atomic mass is 35.5. The zero-order valence-electron chi connectivity index (χ0n) is 17.4. The Labute approximate surface area is 192 Å². The van der Waals surface area contributed by atoms with Crippen LogP contribution in [0, 0.1) is 5.92 Å². The van der Waals surface area contributed by atoms with Gasteiger partial charge in [0.1, 0.15) is 17.9 Å². The first-order chi connectivity index (χ1) is 15.7. The normalized spacial score (nSPS) is 21.7. The summed E-state index contributed by atoms with van der Waals surface area (Å²) in [6.07, 6.45) is 5.65. The molecule has 2 aromatic heterocycles. The number of nitrogens with zero attached hydrogens (tertiary/aromatic N) is 4. The molecule has 1 aromatic carbocycles. The lowest BCUT2D eigenvalue weighted by Crippen LogP contribution is -2.18. The number of nitrogens with one attached hydrogen (secondary N) is 1. The Bertz CT molecular complexity index is 1050. The van der Waals surface area contributed by atoms with Gasteiger partial charge in [-0.15, -0.1) is 0 Å². The van der Waals surface area contributed by atoms with Gasteiger partial charge in [-0.2, -0.15) is 15.1 Å². The van der Waals surface area contributed by atoms with E-state index in [-0.39, 0.29) is 24.0 Å². The van der Waals surface area contributed by atoms with Gasteiger partial charge in [-0.3, -0.25) is 0 Å². The van der Waals surface area contributed by atoms with Crippen molar-refractivity contribution < 1.29 is 18.9 Å². The Kier molecular flexibility index (Phi) is 6.71. The van der Waals surface area contributed by atoms with Crippen molar-refractivity contribution in [1.82, 2.24) is 19.7 Å². The number of para-hydroxylation sites is 1. The molecule has 32 heavy (non-hydrogen) atoms. The van der Waals surface area contributed by atoms with Gasteiger partial charge < -0.3 is 24.2 Å². The van der Waals surface area contributed by atoms with E-state index in [0.29, 0.717) is 29.7 Å². The lowest BCUT2D eigenvalue weighted by Gasteiger charge is -2.16. The summed E-state index contributed by atoms with van der Waals surface area (Å²) < 4.78 is 19.0. The van der Waals surface area contributed by atoms with E-state index in [1.807, 2.05) is 18.2 Å². The molecule has 2 fully saturated rings. The van der Waals surface area contributed by atoms with E-state index in [1.165, 1.54) is 12.8 Å².